The van der Waals surface area contributed by atoms with Crippen LogP contribution in [0.15, 0.2) is 54.6 Å². The Labute approximate surface area is 150 Å². The largest absolute Gasteiger partial charge is 0.451 e. The molecular formula is C22H27NO2. The van der Waals surface area contributed by atoms with Crippen molar-refractivity contribution < 1.29 is 9.47 Å². The Balaban J connectivity index is 1.55. The maximum absolute atomic E-state index is 6.25. The van der Waals surface area contributed by atoms with Crippen molar-refractivity contribution in [1.29, 1.82) is 0 Å². The van der Waals surface area contributed by atoms with E-state index in [1.165, 1.54) is 31.2 Å². The fraction of sp³-hybridized carbons (Fsp3) is 0.455. The topological polar surface area (TPSA) is 21.7 Å². The quantitative estimate of drug-likeness (QED) is 0.787. The Kier molecular flexibility index (Phi) is 5.04. The Hall–Kier alpha value is -1.84. The summed E-state index contributed by atoms with van der Waals surface area (Å²) < 4.78 is 12.4. The number of benzene rings is 2. The molecule has 1 fully saturated rings. The summed E-state index contributed by atoms with van der Waals surface area (Å²) >= 11 is 0. The maximum atomic E-state index is 6.25. The van der Waals surface area contributed by atoms with Crippen LogP contribution in [-0.4, -0.2) is 17.4 Å². The van der Waals surface area contributed by atoms with Crippen molar-refractivity contribution in [3.63, 3.8) is 0 Å². The van der Waals surface area contributed by atoms with E-state index in [-0.39, 0.29) is 6.41 Å². The van der Waals surface area contributed by atoms with Crippen LogP contribution in [0.4, 0.5) is 0 Å². The highest BCUT2D eigenvalue weighted by Gasteiger charge is 2.33. The second kappa shape index (κ2) is 7.59. The van der Waals surface area contributed by atoms with Gasteiger partial charge in [-0.3, -0.25) is 0 Å². The SMILES string of the molecule is CC1CCC(N(Cc2ccccc2)C2OCc3ccccc3O2)CC1. The average molecular weight is 337 g/mol. The molecule has 0 aromatic heterocycles. The average Bonchev–Trinajstić information content (AvgIpc) is 2.67. The van der Waals surface area contributed by atoms with Gasteiger partial charge in [-0.25, -0.2) is 4.90 Å². The van der Waals surface area contributed by atoms with Crippen LogP contribution < -0.4 is 4.74 Å². The van der Waals surface area contributed by atoms with Gasteiger partial charge in [0.2, 0.25) is 0 Å². The number of fused-ring (bicyclic) bond motifs is 1. The van der Waals surface area contributed by atoms with Gasteiger partial charge in [-0.05, 0) is 43.2 Å². The van der Waals surface area contributed by atoms with Crippen LogP contribution in [0, 0.1) is 5.92 Å². The first-order valence-corrected chi connectivity index (χ1v) is 9.45. The predicted octanol–water partition coefficient (Wildman–Crippen LogP) is 4.96. The van der Waals surface area contributed by atoms with Crippen LogP contribution in [0.2, 0.25) is 0 Å². The number of hydrogen-bond donors (Lipinski definition) is 0. The van der Waals surface area contributed by atoms with E-state index in [9.17, 15) is 0 Å². The summed E-state index contributed by atoms with van der Waals surface area (Å²) in [5.74, 6) is 1.80. The van der Waals surface area contributed by atoms with E-state index in [4.69, 9.17) is 9.47 Å². The van der Waals surface area contributed by atoms with E-state index in [0.29, 0.717) is 12.6 Å². The van der Waals surface area contributed by atoms with E-state index in [1.54, 1.807) is 0 Å². The van der Waals surface area contributed by atoms with E-state index in [0.717, 1.165) is 23.8 Å². The number of hydrogen-bond acceptors (Lipinski definition) is 3. The highest BCUT2D eigenvalue weighted by molar-refractivity contribution is 5.33. The van der Waals surface area contributed by atoms with Crippen LogP contribution in [0.25, 0.3) is 0 Å². The van der Waals surface area contributed by atoms with Gasteiger partial charge < -0.3 is 9.47 Å². The number of nitrogens with zero attached hydrogens (tertiary/aromatic N) is 1. The Morgan fingerprint density at radius 3 is 2.44 bits per heavy atom. The molecule has 0 saturated heterocycles. The molecule has 1 aliphatic heterocycles. The first-order chi connectivity index (χ1) is 12.3. The summed E-state index contributed by atoms with van der Waals surface area (Å²) in [7, 11) is 0. The standard InChI is InChI=1S/C22H27NO2/c1-17-11-13-20(14-12-17)23(15-18-7-3-2-4-8-18)22-24-16-19-9-5-6-10-21(19)25-22/h2-10,17,20,22H,11-16H2,1H3. The van der Waals surface area contributed by atoms with Gasteiger partial charge in [-0.2, -0.15) is 0 Å². The summed E-state index contributed by atoms with van der Waals surface area (Å²) in [5.41, 5.74) is 2.45. The van der Waals surface area contributed by atoms with E-state index in [2.05, 4.69) is 54.3 Å². The third-order valence-corrected chi connectivity index (χ3v) is 5.51. The zero-order valence-corrected chi connectivity index (χ0v) is 14.9. The first-order valence-electron chi connectivity index (χ1n) is 9.45. The molecular weight excluding hydrogens is 310 g/mol. The lowest BCUT2D eigenvalue weighted by atomic mass is 9.86. The van der Waals surface area contributed by atoms with Gasteiger partial charge in [0, 0.05) is 18.2 Å². The number of para-hydroxylation sites is 1. The fourth-order valence-corrected chi connectivity index (χ4v) is 3.95. The number of ether oxygens (including phenoxy) is 2. The van der Waals surface area contributed by atoms with E-state index in [1.807, 2.05) is 12.1 Å². The van der Waals surface area contributed by atoms with Crippen LogP contribution in [0.3, 0.4) is 0 Å². The van der Waals surface area contributed by atoms with Crippen molar-refractivity contribution in [2.45, 2.75) is 58.2 Å². The van der Waals surface area contributed by atoms with Crippen LogP contribution >= 0.6 is 0 Å². The molecule has 1 aliphatic carbocycles. The van der Waals surface area contributed by atoms with Gasteiger partial charge in [0.15, 0.2) is 0 Å². The normalized spacial score (nSPS) is 26.1. The minimum absolute atomic E-state index is 0.298. The Morgan fingerprint density at radius 1 is 0.920 bits per heavy atom. The molecule has 1 unspecified atom stereocenters. The molecule has 0 N–H and O–H groups in total. The lowest BCUT2D eigenvalue weighted by molar-refractivity contribution is -0.214. The molecule has 0 radical (unpaired) electrons. The van der Waals surface area contributed by atoms with Crippen molar-refractivity contribution in [2.24, 2.45) is 5.92 Å². The van der Waals surface area contributed by atoms with Crippen molar-refractivity contribution in [3.05, 3.63) is 65.7 Å². The van der Waals surface area contributed by atoms with Gasteiger partial charge in [0.05, 0.1) is 6.61 Å². The summed E-state index contributed by atoms with van der Waals surface area (Å²) in [4.78, 5) is 2.43. The molecule has 0 amide bonds. The molecule has 132 valence electrons. The minimum Gasteiger partial charge on any atom is -0.451 e. The van der Waals surface area contributed by atoms with Crippen LogP contribution in [-0.2, 0) is 17.9 Å². The van der Waals surface area contributed by atoms with Crippen molar-refractivity contribution >= 4 is 0 Å². The molecule has 1 saturated carbocycles. The highest BCUT2D eigenvalue weighted by atomic mass is 16.7. The van der Waals surface area contributed by atoms with E-state index < -0.39 is 0 Å². The Morgan fingerprint density at radius 2 is 1.64 bits per heavy atom. The second-order valence-electron chi connectivity index (χ2n) is 7.42. The zero-order chi connectivity index (χ0) is 17.1. The lowest BCUT2D eigenvalue weighted by Gasteiger charge is -2.41. The minimum atomic E-state index is -0.298. The molecule has 3 heteroatoms. The molecule has 2 aromatic carbocycles. The Bertz CT molecular complexity index is 679. The highest BCUT2D eigenvalue weighted by Crippen LogP contribution is 2.33. The molecule has 4 rings (SSSR count). The van der Waals surface area contributed by atoms with E-state index >= 15 is 0 Å². The van der Waals surface area contributed by atoms with Gasteiger partial charge in [-0.1, -0.05) is 55.5 Å². The van der Waals surface area contributed by atoms with Crippen molar-refractivity contribution in [1.82, 2.24) is 4.90 Å². The van der Waals surface area contributed by atoms with Gasteiger partial charge in [-0.15, -0.1) is 0 Å². The second-order valence-corrected chi connectivity index (χ2v) is 7.42. The third-order valence-electron chi connectivity index (χ3n) is 5.51. The zero-order valence-electron chi connectivity index (χ0n) is 14.9. The van der Waals surface area contributed by atoms with Crippen LogP contribution in [0.1, 0.15) is 43.7 Å². The number of rotatable bonds is 4. The van der Waals surface area contributed by atoms with Crippen molar-refractivity contribution in [3.8, 4) is 5.75 Å². The molecule has 1 heterocycles. The molecule has 1 atom stereocenters. The third kappa shape index (κ3) is 3.88. The summed E-state index contributed by atoms with van der Waals surface area (Å²) in [6, 6.07) is 19.4. The fourth-order valence-electron chi connectivity index (χ4n) is 3.95. The summed E-state index contributed by atoms with van der Waals surface area (Å²) in [6.45, 7) is 3.85. The molecule has 0 spiro atoms. The smallest absolute Gasteiger partial charge is 0.263 e. The van der Waals surface area contributed by atoms with Gasteiger partial charge >= 0.3 is 0 Å². The maximum Gasteiger partial charge on any atom is 0.263 e. The first kappa shape index (κ1) is 16.6. The van der Waals surface area contributed by atoms with Crippen molar-refractivity contribution in [2.75, 3.05) is 0 Å². The van der Waals surface area contributed by atoms with Gasteiger partial charge in [0.1, 0.15) is 5.75 Å². The van der Waals surface area contributed by atoms with Crippen LogP contribution in [0.5, 0.6) is 5.75 Å². The molecule has 0 bridgehead atoms. The monoisotopic (exact) mass is 337 g/mol. The van der Waals surface area contributed by atoms with Gasteiger partial charge in [0.25, 0.3) is 6.41 Å². The molecule has 2 aromatic rings. The summed E-state index contributed by atoms with van der Waals surface area (Å²) in [5, 5.41) is 0. The lowest BCUT2D eigenvalue weighted by Crippen LogP contribution is -2.49. The summed E-state index contributed by atoms with van der Waals surface area (Å²) in [6.07, 6.45) is 4.73. The molecule has 3 nitrogen and oxygen atoms in total. The predicted molar refractivity (Wildman–Crippen MR) is 99.1 cm³/mol. The molecule has 25 heavy (non-hydrogen) atoms. The molecule has 2 aliphatic rings.